The first kappa shape index (κ1) is 47.8. The molecule has 0 radical (unpaired) electrons. The van der Waals surface area contributed by atoms with E-state index >= 15 is 0 Å². The zero-order valence-corrected chi connectivity index (χ0v) is 36.7. The number of para-hydroxylation sites is 2. The van der Waals surface area contributed by atoms with Gasteiger partial charge in [0, 0.05) is 59.9 Å². The summed E-state index contributed by atoms with van der Waals surface area (Å²) in [7, 11) is -10.0. The number of nitrogens with one attached hydrogen (secondary N) is 2. The predicted molar refractivity (Wildman–Crippen MR) is 245 cm³/mol. The molecule has 0 saturated carbocycles. The Balaban J connectivity index is 1.44. The SMILES string of the molecule is Cc1ccccc1Nc1nc(-c2ccc(C=Cc3c(N)cc(-c4nc(Nc5ccccc5C)nc(N(CCO)CCO)n4)cc3S(=O)(=O)O)c(S(=O)(=O)O)c2)nc(N(CCO)CCO)n1. The molecule has 0 aliphatic rings. The molecule has 23 heteroatoms. The largest absolute Gasteiger partial charge is 0.398 e. The van der Waals surface area contributed by atoms with Crippen LogP contribution in [0.2, 0.25) is 0 Å². The number of rotatable bonds is 20. The molecule has 0 saturated heterocycles. The number of hydrogen-bond donors (Lipinski definition) is 9. The summed E-state index contributed by atoms with van der Waals surface area (Å²) >= 11 is 0. The molecular weight excluding hydrogens is 883 g/mol. The number of nitrogen functional groups attached to an aromatic ring is 1. The van der Waals surface area contributed by atoms with Crippen LogP contribution in [0.4, 0.5) is 40.9 Å². The molecule has 10 N–H and O–H groups in total. The molecule has 0 atom stereocenters. The fourth-order valence-corrected chi connectivity index (χ4v) is 7.98. The van der Waals surface area contributed by atoms with Gasteiger partial charge in [0.05, 0.1) is 26.4 Å². The second-order valence-corrected chi connectivity index (χ2v) is 17.1. The molecule has 21 nitrogen and oxygen atoms in total. The van der Waals surface area contributed by atoms with E-state index in [0.29, 0.717) is 11.4 Å². The Morgan fingerprint density at radius 2 is 1.02 bits per heavy atom. The summed E-state index contributed by atoms with van der Waals surface area (Å²) in [6.45, 7) is 2.62. The van der Waals surface area contributed by atoms with Gasteiger partial charge in [-0.25, -0.2) is 0 Å². The Morgan fingerprint density at radius 1 is 0.569 bits per heavy atom. The van der Waals surface area contributed by atoms with Gasteiger partial charge in [-0.3, -0.25) is 9.11 Å². The van der Waals surface area contributed by atoms with Crippen molar-refractivity contribution < 1.29 is 46.4 Å². The molecule has 4 aromatic carbocycles. The predicted octanol–water partition coefficient (Wildman–Crippen LogP) is 3.32. The minimum Gasteiger partial charge on any atom is -0.398 e. The van der Waals surface area contributed by atoms with Gasteiger partial charge in [-0.15, -0.1) is 0 Å². The van der Waals surface area contributed by atoms with Gasteiger partial charge in [0.1, 0.15) is 9.79 Å². The van der Waals surface area contributed by atoms with Crippen molar-refractivity contribution in [2.75, 3.05) is 78.8 Å². The number of aliphatic hydroxyl groups is 4. The molecule has 6 aromatic rings. The number of aryl methyl sites for hydroxylation is 2. The van der Waals surface area contributed by atoms with Crippen molar-refractivity contribution in [3.8, 4) is 22.8 Å². The van der Waals surface area contributed by atoms with Gasteiger partial charge in [0.15, 0.2) is 11.6 Å². The lowest BCUT2D eigenvalue weighted by Crippen LogP contribution is -2.31. The van der Waals surface area contributed by atoms with Crippen LogP contribution in [0.3, 0.4) is 0 Å². The van der Waals surface area contributed by atoms with Crippen molar-refractivity contribution in [3.05, 3.63) is 101 Å². The van der Waals surface area contributed by atoms with Crippen LogP contribution >= 0.6 is 0 Å². The van der Waals surface area contributed by atoms with Crippen LogP contribution in [0.15, 0.2) is 88.7 Å². The molecule has 0 unspecified atom stereocenters. The quantitative estimate of drug-likeness (QED) is 0.0301. The topological polar surface area (TPSA) is 324 Å². The van der Waals surface area contributed by atoms with Gasteiger partial charge in [-0.1, -0.05) is 60.7 Å². The lowest BCUT2D eigenvalue weighted by molar-refractivity contribution is 0.279. The molecule has 0 fully saturated rings. The lowest BCUT2D eigenvalue weighted by atomic mass is 10.1. The number of anilines is 7. The summed E-state index contributed by atoms with van der Waals surface area (Å²) in [6, 6.07) is 20.8. The molecule has 2 aromatic heterocycles. The highest BCUT2D eigenvalue weighted by Gasteiger charge is 2.24. The Morgan fingerprint density at radius 3 is 1.46 bits per heavy atom. The molecule has 0 aliphatic carbocycles. The maximum Gasteiger partial charge on any atom is 0.295 e. The molecule has 0 aliphatic heterocycles. The minimum absolute atomic E-state index is 0.0178. The van der Waals surface area contributed by atoms with Crippen molar-refractivity contribution in [1.29, 1.82) is 0 Å². The second kappa shape index (κ2) is 20.9. The normalized spacial score (nSPS) is 11.8. The third-order valence-electron chi connectivity index (χ3n) is 9.77. The van der Waals surface area contributed by atoms with E-state index < -0.39 is 30.0 Å². The maximum atomic E-state index is 13.0. The standard InChI is InChI=1S/C42H47N11O10S2/c1-26-7-3-5-9-33(26)44-39-46-37(48-41(50-39)52(15-19-54)16-20-55)29-12-11-28(35(24-29)64(58,59)60)13-14-31-32(43)23-30(25-36(31)65(61,62)63)38-47-40(45-34-10-6-4-8-27(34)2)51-42(49-38)53(17-21-56)18-22-57/h3-14,23-25,54-57H,15-22,43H2,1-2H3,(H,58,59,60)(H,61,62,63)(H,44,46,48,50)(H,45,47,49,51). The zero-order valence-electron chi connectivity index (χ0n) is 35.1. The smallest absolute Gasteiger partial charge is 0.295 e. The van der Waals surface area contributed by atoms with Crippen LogP contribution in [0.1, 0.15) is 22.3 Å². The van der Waals surface area contributed by atoms with Crippen molar-refractivity contribution in [1.82, 2.24) is 29.9 Å². The average molecular weight is 930 g/mol. The fraction of sp³-hybridized carbons (Fsp3) is 0.238. The van der Waals surface area contributed by atoms with Crippen LogP contribution in [-0.4, -0.2) is 129 Å². The van der Waals surface area contributed by atoms with E-state index in [-0.39, 0.29) is 116 Å². The van der Waals surface area contributed by atoms with Crippen molar-refractivity contribution in [3.63, 3.8) is 0 Å². The number of nitrogens with two attached hydrogens (primary N) is 1. The second-order valence-electron chi connectivity index (χ2n) is 14.3. The van der Waals surface area contributed by atoms with Crippen LogP contribution in [0, 0.1) is 13.8 Å². The lowest BCUT2D eigenvalue weighted by Gasteiger charge is -2.22. The maximum absolute atomic E-state index is 13.0. The molecule has 2 heterocycles. The third kappa shape index (κ3) is 11.9. The summed E-state index contributed by atoms with van der Waals surface area (Å²) in [5.74, 6) is -0.00578. The number of hydrogen-bond acceptors (Lipinski definition) is 19. The number of benzene rings is 4. The van der Waals surface area contributed by atoms with E-state index in [4.69, 9.17) is 5.73 Å². The van der Waals surface area contributed by atoms with Gasteiger partial charge in [0.25, 0.3) is 20.2 Å². The van der Waals surface area contributed by atoms with E-state index in [1.165, 1.54) is 34.1 Å². The van der Waals surface area contributed by atoms with Crippen molar-refractivity contribution in [2.24, 2.45) is 0 Å². The molecule has 0 amide bonds. The summed E-state index contributed by atoms with van der Waals surface area (Å²) in [6.07, 6.45) is 2.32. The molecule has 342 valence electrons. The molecule has 6 rings (SSSR count). The Kier molecular flexibility index (Phi) is 15.3. The summed E-state index contributed by atoms with van der Waals surface area (Å²) in [4.78, 5) is 28.6. The van der Waals surface area contributed by atoms with Crippen LogP contribution in [0.5, 0.6) is 0 Å². The molecule has 0 spiro atoms. The summed E-state index contributed by atoms with van der Waals surface area (Å²) in [5.41, 5.74) is 8.99. The van der Waals surface area contributed by atoms with Gasteiger partial charge < -0.3 is 46.6 Å². The number of aliphatic hydroxyl groups excluding tert-OH is 4. The van der Waals surface area contributed by atoms with Gasteiger partial charge in [-0.05, 0) is 60.9 Å². The van der Waals surface area contributed by atoms with Crippen LogP contribution in [0.25, 0.3) is 34.9 Å². The molecule has 0 bridgehead atoms. The van der Waals surface area contributed by atoms with E-state index in [9.17, 15) is 46.4 Å². The monoisotopic (exact) mass is 929 g/mol. The van der Waals surface area contributed by atoms with Crippen LogP contribution < -0.4 is 26.2 Å². The Hall–Kier alpha value is -6.70. The number of nitrogens with zero attached hydrogens (tertiary/aromatic N) is 8. The highest BCUT2D eigenvalue weighted by atomic mass is 32.2. The fourth-order valence-electron chi connectivity index (χ4n) is 6.53. The highest BCUT2D eigenvalue weighted by molar-refractivity contribution is 7.86. The minimum atomic E-state index is -5.06. The van der Waals surface area contributed by atoms with Crippen molar-refractivity contribution in [2.45, 2.75) is 23.6 Å². The Bertz CT molecular complexity index is 2910. The first-order valence-corrected chi connectivity index (χ1v) is 22.7. The first-order valence-electron chi connectivity index (χ1n) is 19.8. The molecular formula is C42H47N11O10S2. The number of aromatic nitrogens is 6. The Labute approximate surface area is 374 Å². The van der Waals surface area contributed by atoms with E-state index in [1.807, 2.05) is 38.1 Å². The van der Waals surface area contributed by atoms with E-state index in [1.54, 1.807) is 24.3 Å². The summed E-state index contributed by atoms with van der Waals surface area (Å²) in [5, 5.41) is 45.1. The van der Waals surface area contributed by atoms with E-state index in [2.05, 4.69) is 40.5 Å². The highest BCUT2D eigenvalue weighted by Crippen LogP contribution is 2.33. The average Bonchev–Trinajstić information content (AvgIpc) is 3.26. The summed E-state index contributed by atoms with van der Waals surface area (Å²) < 4.78 is 72.8. The van der Waals surface area contributed by atoms with Gasteiger partial charge in [-0.2, -0.15) is 46.7 Å². The van der Waals surface area contributed by atoms with Crippen LogP contribution in [-0.2, 0) is 20.2 Å². The van der Waals surface area contributed by atoms with Crippen molar-refractivity contribution >= 4 is 73.2 Å². The van der Waals surface area contributed by atoms with Gasteiger partial charge in [0.2, 0.25) is 23.8 Å². The first-order chi connectivity index (χ1) is 31.0. The van der Waals surface area contributed by atoms with Gasteiger partial charge >= 0.3 is 0 Å². The third-order valence-corrected chi connectivity index (χ3v) is 11.6. The van der Waals surface area contributed by atoms with E-state index in [0.717, 1.165) is 29.3 Å². The zero-order chi connectivity index (χ0) is 46.9. The molecule has 65 heavy (non-hydrogen) atoms.